The highest BCUT2D eigenvalue weighted by Gasteiger charge is 2.22. The fourth-order valence-corrected chi connectivity index (χ4v) is 2.82. The number of anilines is 1. The first-order valence-electron chi connectivity index (χ1n) is 8.78. The van der Waals surface area contributed by atoms with Crippen molar-refractivity contribution in [2.24, 2.45) is 0 Å². The molecule has 0 spiro atoms. The van der Waals surface area contributed by atoms with Gasteiger partial charge in [0.2, 0.25) is 0 Å². The maximum atomic E-state index is 12.4. The first-order chi connectivity index (χ1) is 12.4. The number of hydrogen-bond donors (Lipinski definition) is 1. The fraction of sp³-hybridized carbons (Fsp3) is 0.400. The van der Waals surface area contributed by atoms with Gasteiger partial charge in [0, 0.05) is 23.6 Å². The van der Waals surface area contributed by atoms with Crippen molar-refractivity contribution in [1.29, 1.82) is 0 Å². The van der Waals surface area contributed by atoms with E-state index in [1.165, 1.54) is 0 Å². The van der Waals surface area contributed by atoms with Crippen LogP contribution in [-0.4, -0.2) is 29.2 Å². The molecule has 1 atom stereocenters. The molecule has 0 radical (unpaired) electrons. The Bertz CT molecular complexity index is 778. The molecule has 0 saturated carbocycles. The lowest BCUT2D eigenvalue weighted by atomic mass is 10.2. The normalized spacial score (nSPS) is 11.7. The lowest BCUT2D eigenvalue weighted by molar-refractivity contribution is -0.123. The number of carbonyl (C=O) groups is 2. The van der Waals surface area contributed by atoms with Crippen molar-refractivity contribution >= 4 is 17.6 Å². The van der Waals surface area contributed by atoms with Crippen LogP contribution in [-0.2, 0) is 16.1 Å². The molecule has 6 heteroatoms. The van der Waals surface area contributed by atoms with Gasteiger partial charge in [-0.15, -0.1) is 0 Å². The highest BCUT2D eigenvalue weighted by molar-refractivity contribution is 5.97. The molecular formula is C20H26N2O4. The van der Waals surface area contributed by atoms with Crippen molar-refractivity contribution in [3.8, 4) is 5.75 Å². The molecule has 1 amide bonds. The summed E-state index contributed by atoms with van der Waals surface area (Å²) in [7, 11) is 0. The summed E-state index contributed by atoms with van der Waals surface area (Å²) in [6.07, 6.45) is -0.904. The Kier molecular flexibility index (Phi) is 6.44. The van der Waals surface area contributed by atoms with Crippen LogP contribution in [0.3, 0.4) is 0 Å². The van der Waals surface area contributed by atoms with E-state index in [0.717, 1.165) is 23.7 Å². The number of benzene rings is 1. The van der Waals surface area contributed by atoms with Crippen LogP contribution in [0, 0.1) is 13.8 Å². The molecule has 0 aliphatic carbocycles. The van der Waals surface area contributed by atoms with E-state index in [2.05, 4.69) is 5.32 Å². The number of amides is 1. The largest absolute Gasteiger partial charge is 0.494 e. The number of aryl methyl sites for hydroxylation is 1. The summed E-state index contributed by atoms with van der Waals surface area (Å²) < 4.78 is 12.7. The maximum Gasteiger partial charge on any atom is 0.340 e. The minimum absolute atomic E-state index is 0.383. The van der Waals surface area contributed by atoms with Gasteiger partial charge in [0.25, 0.3) is 5.91 Å². The van der Waals surface area contributed by atoms with E-state index in [-0.39, 0.29) is 5.91 Å². The summed E-state index contributed by atoms with van der Waals surface area (Å²) in [5.41, 5.74) is 2.94. The summed E-state index contributed by atoms with van der Waals surface area (Å²) in [4.78, 5) is 24.7. The highest BCUT2D eigenvalue weighted by Crippen LogP contribution is 2.18. The van der Waals surface area contributed by atoms with E-state index in [0.29, 0.717) is 17.9 Å². The first-order valence-corrected chi connectivity index (χ1v) is 8.78. The van der Waals surface area contributed by atoms with E-state index in [1.807, 2.05) is 32.3 Å². The third-order valence-electron chi connectivity index (χ3n) is 4.20. The van der Waals surface area contributed by atoms with Gasteiger partial charge in [0.1, 0.15) is 5.75 Å². The number of esters is 1. The molecule has 0 unspecified atom stereocenters. The van der Waals surface area contributed by atoms with Crippen molar-refractivity contribution < 1.29 is 19.1 Å². The first kappa shape index (κ1) is 19.6. The summed E-state index contributed by atoms with van der Waals surface area (Å²) in [5.74, 6) is -0.143. The second-order valence-electron chi connectivity index (χ2n) is 6.02. The van der Waals surface area contributed by atoms with E-state index < -0.39 is 12.1 Å². The minimum atomic E-state index is -0.904. The van der Waals surface area contributed by atoms with Crippen LogP contribution in [0.2, 0.25) is 0 Å². The number of hydrogen-bond acceptors (Lipinski definition) is 4. The number of nitrogens with zero attached hydrogens (tertiary/aromatic N) is 1. The molecule has 140 valence electrons. The summed E-state index contributed by atoms with van der Waals surface area (Å²) in [5, 5.41) is 2.73. The zero-order valence-corrected chi connectivity index (χ0v) is 16.0. The number of ether oxygens (including phenoxy) is 2. The van der Waals surface area contributed by atoms with Crippen molar-refractivity contribution in [3.63, 3.8) is 0 Å². The van der Waals surface area contributed by atoms with Gasteiger partial charge in [0.15, 0.2) is 6.10 Å². The number of rotatable bonds is 7. The summed E-state index contributed by atoms with van der Waals surface area (Å²) in [6.45, 7) is 10.6. The third-order valence-corrected chi connectivity index (χ3v) is 4.20. The maximum absolute atomic E-state index is 12.4. The molecule has 0 aliphatic rings. The molecule has 1 N–H and O–H groups in total. The highest BCUT2D eigenvalue weighted by atomic mass is 16.5. The average Bonchev–Trinajstić information content (AvgIpc) is 2.90. The Hall–Kier alpha value is -2.76. The zero-order chi connectivity index (χ0) is 19.3. The van der Waals surface area contributed by atoms with Crippen molar-refractivity contribution in [1.82, 2.24) is 4.57 Å². The molecule has 26 heavy (non-hydrogen) atoms. The van der Waals surface area contributed by atoms with Crippen molar-refractivity contribution in [3.05, 3.63) is 47.3 Å². The average molecular weight is 358 g/mol. The predicted octanol–water partition coefficient (Wildman–Crippen LogP) is 3.71. The fourth-order valence-electron chi connectivity index (χ4n) is 2.82. The standard InChI is InChI=1S/C20H26N2O4/c1-6-22-13(3)12-18(14(22)4)20(24)26-15(5)19(23)21-16-8-10-17(11-9-16)25-7-2/h8-12,15H,6-7H2,1-5H3,(H,21,23)/t15-/m0/s1. The molecule has 2 aromatic rings. The quantitative estimate of drug-likeness (QED) is 0.766. The smallest absolute Gasteiger partial charge is 0.340 e. The van der Waals surface area contributed by atoms with Gasteiger partial charge >= 0.3 is 5.97 Å². The molecule has 1 aromatic carbocycles. The Morgan fingerprint density at radius 1 is 1.15 bits per heavy atom. The second-order valence-corrected chi connectivity index (χ2v) is 6.02. The Labute approximate surface area is 154 Å². The SMILES string of the molecule is CCOc1ccc(NC(=O)[C@H](C)OC(=O)c2cc(C)n(CC)c2C)cc1. The number of nitrogens with one attached hydrogen (secondary N) is 1. The lowest BCUT2D eigenvalue weighted by Crippen LogP contribution is -2.30. The van der Waals surface area contributed by atoms with Gasteiger partial charge < -0.3 is 19.4 Å². The second kappa shape index (κ2) is 8.56. The van der Waals surface area contributed by atoms with Crippen LogP contribution >= 0.6 is 0 Å². The number of carbonyl (C=O) groups excluding carboxylic acids is 2. The molecule has 0 fully saturated rings. The summed E-state index contributed by atoms with van der Waals surface area (Å²) in [6, 6.07) is 8.82. The summed E-state index contributed by atoms with van der Waals surface area (Å²) >= 11 is 0. The van der Waals surface area contributed by atoms with Crippen LogP contribution in [0.1, 0.15) is 42.5 Å². The van der Waals surface area contributed by atoms with Crippen molar-refractivity contribution in [2.45, 2.75) is 47.3 Å². The van der Waals surface area contributed by atoms with Gasteiger partial charge in [0.05, 0.1) is 12.2 Å². The zero-order valence-electron chi connectivity index (χ0n) is 16.0. The van der Waals surface area contributed by atoms with Crippen LogP contribution in [0.4, 0.5) is 5.69 Å². The van der Waals surface area contributed by atoms with Gasteiger partial charge in [-0.05, 0) is 65.0 Å². The van der Waals surface area contributed by atoms with Gasteiger partial charge in [-0.25, -0.2) is 4.79 Å². The van der Waals surface area contributed by atoms with Crippen LogP contribution in [0.25, 0.3) is 0 Å². The molecule has 1 aromatic heterocycles. The molecule has 6 nitrogen and oxygen atoms in total. The molecule has 0 bridgehead atoms. The Morgan fingerprint density at radius 2 is 1.81 bits per heavy atom. The Morgan fingerprint density at radius 3 is 2.35 bits per heavy atom. The van der Waals surface area contributed by atoms with Crippen LogP contribution < -0.4 is 10.1 Å². The van der Waals surface area contributed by atoms with E-state index in [4.69, 9.17) is 9.47 Å². The molecule has 2 rings (SSSR count). The Balaban J connectivity index is 1.99. The van der Waals surface area contributed by atoms with E-state index >= 15 is 0 Å². The topological polar surface area (TPSA) is 69.6 Å². The molecule has 0 saturated heterocycles. The van der Waals surface area contributed by atoms with Crippen LogP contribution in [0.15, 0.2) is 30.3 Å². The predicted molar refractivity (Wildman–Crippen MR) is 101 cm³/mol. The van der Waals surface area contributed by atoms with E-state index in [1.54, 1.807) is 37.3 Å². The third kappa shape index (κ3) is 4.45. The molecule has 0 aliphatic heterocycles. The minimum Gasteiger partial charge on any atom is -0.494 e. The lowest BCUT2D eigenvalue weighted by Gasteiger charge is -2.14. The number of aromatic nitrogens is 1. The molecular weight excluding hydrogens is 332 g/mol. The molecule has 1 heterocycles. The van der Waals surface area contributed by atoms with Crippen LogP contribution in [0.5, 0.6) is 5.75 Å². The van der Waals surface area contributed by atoms with Gasteiger partial charge in [-0.2, -0.15) is 0 Å². The van der Waals surface area contributed by atoms with Crippen molar-refractivity contribution in [2.75, 3.05) is 11.9 Å². The monoisotopic (exact) mass is 358 g/mol. The van der Waals surface area contributed by atoms with Gasteiger partial charge in [-0.3, -0.25) is 4.79 Å². The van der Waals surface area contributed by atoms with E-state index in [9.17, 15) is 9.59 Å². The van der Waals surface area contributed by atoms with Gasteiger partial charge in [-0.1, -0.05) is 0 Å².